The lowest BCUT2D eigenvalue weighted by Gasteiger charge is -2.16. The third-order valence-corrected chi connectivity index (χ3v) is 4.53. The van der Waals surface area contributed by atoms with Crippen LogP contribution in [0.2, 0.25) is 0 Å². The van der Waals surface area contributed by atoms with Gasteiger partial charge >= 0.3 is 6.18 Å². The van der Waals surface area contributed by atoms with Crippen molar-refractivity contribution in [2.75, 3.05) is 25.1 Å². The van der Waals surface area contributed by atoms with Crippen LogP contribution in [0.1, 0.15) is 23.9 Å². The van der Waals surface area contributed by atoms with Gasteiger partial charge in [-0.15, -0.1) is 10.2 Å². The number of methoxy groups -OCH3 is 1. The molecule has 1 saturated heterocycles. The van der Waals surface area contributed by atoms with Crippen molar-refractivity contribution >= 4 is 5.95 Å². The molecule has 0 N–H and O–H groups in total. The van der Waals surface area contributed by atoms with E-state index in [-0.39, 0.29) is 11.9 Å². The van der Waals surface area contributed by atoms with E-state index in [0.29, 0.717) is 42.6 Å². The molecule has 0 spiro atoms. The van der Waals surface area contributed by atoms with E-state index in [1.807, 2.05) is 18.2 Å². The minimum absolute atomic E-state index is 0.0433. The summed E-state index contributed by atoms with van der Waals surface area (Å²) in [5, 5.41) is 8.20. The lowest BCUT2D eigenvalue weighted by atomic mass is 10.1. The van der Waals surface area contributed by atoms with Crippen LogP contribution in [-0.4, -0.2) is 40.4 Å². The topological polar surface area (TPSA) is 77.2 Å². The monoisotopic (exact) mass is 391 g/mol. The van der Waals surface area contributed by atoms with Crippen LogP contribution in [0.4, 0.5) is 19.1 Å². The minimum Gasteiger partial charge on any atom is -0.496 e. The summed E-state index contributed by atoms with van der Waals surface area (Å²) in [6, 6.07) is 8.14. The van der Waals surface area contributed by atoms with E-state index in [1.165, 1.54) is 0 Å². The molecule has 28 heavy (non-hydrogen) atoms. The number of nitrogens with zero attached hydrogens (tertiary/aromatic N) is 5. The maximum Gasteiger partial charge on any atom is 0.433 e. The smallest absolute Gasteiger partial charge is 0.433 e. The maximum atomic E-state index is 12.9. The van der Waals surface area contributed by atoms with Gasteiger partial charge in [-0.1, -0.05) is 12.1 Å². The Hall–Kier alpha value is -3.17. The summed E-state index contributed by atoms with van der Waals surface area (Å²) in [5.74, 6) is 1.30. The largest absolute Gasteiger partial charge is 0.496 e. The first-order valence-electron chi connectivity index (χ1n) is 8.57. The van der Waals surface area contributed by atoms with Crippen molar-refractivity contribution in [3.63, 3.8) is 0 Å². The number of benzene rings is 1. The molecule has 10 heteroatoms. The first kappa shape index (κ1) is 18.2. The molecule has 0 bridgehead atoms. The highest BCUT2D eigenvalue weighted by atomic mass is 19.4. The zero-order valence-corrected chi connectivity index (χ0v) is 14.8. The first-order chi connectivity index (χ1) is 13.5. The fourth-order valence-corrected chi connectivity index (χ4v) is 3.13. The van der Waals surface area contributed by atoms with Crippen molar-refractivity contribution in [1.29, 1.82) is 0 Å². The number of anilines is 1. The van der Waals surface area contributed by atoms with Crippen molar-refractivity contribution in [2.45, 2.75) is 18.5 Å². The molecule has 1 atom stereocenters. The maximum absolute atomic E-state index is 12.9. The van der Waals surface area contributed by atoms with E-state index < -0.39 is 11.9 Å². The third-order valence-electron chi connectivity index (χ3n) is 4.53. The second-order valence-corrected chi connectivity index (χ2v) is 6.32. The van der Waals surface area contributed by atoms with Gasteiger partial charge in [0.2, 0.25) is 11.8 Å². The quantitative estimate of drug-likeness (QED) is 0.673. The molecule has 3 aromatic rings. The van der Waals surface area contributed by atoms with Crippen molar-refractivity contribution in [3.8, 4) is 17.2 Å². The highest BCUT2D eigenvalue weighted by molar-refractivity contribution is 5.62. The Bertz CT molecular complexity index is 976. The molecular formula is C18H16F3N5O2. The fraction of sp³-hybridized carbons (Fsp3) is 0.333. The normalized spacial score (nSPS) is 17.1. The Labute approximate surface area is 158 Å². The molecule has 1 aromatic carbocycles. The number of hydrogen-bond acceptors (Lipinski definition) is 7. The van der Waals surface area contributed by atoms with Gasteiger partial charge in [-0.2, -0.15) is 13.2 Å². The van der Waals surface area contributed by atoms with Crippen molar-refractivity contribution in [3.05, 3.63) is 48.1 Å². The summed E-state index contributed by atoms with van der Waals surface area (Å²) in [6.45, 7) is 0.896. The predicted molar refractivity (Wildman–Crippen MR) is 92.9 cm³/mol. The zero-order valence-electron chi connectivity index (χ0n) is 14.8. The van der Waals surface area contributed by atoms with Crippen LogP contribution in [0.15, 0.2) is 40.9 Å². The van der Waals surface area contributed by atoms with Gasteiger partial charge in [0, 0.05) is 19.3 Å². The lowest BCUT2D eigenvalue weighted by Crippen LogP contribution is -2.23. The van der Waals surface area contributed by atoms with Gasteiger partial charge in [0.05, 0.1) is 18.6 Å². The second-order valence-electron chi connectivity index (χ2n) is 6.32. The first-order valence-corrected chi connectivity index (χ1v) is 8.57. The molecule has 0 saturated carbocycles. The number of rotatable bonds is 4. The van der Waals surface area contributed by atoms with Gasteiger partial charge < -0.3 is 14.1 Å². The fourth-order valence-electron chi connectivity index (χ4n) is 3.13. The van der Waals surface area contributed by atoms with Gasteiger partial charge in [0.15, 0.2) is 0 Å². The van der Waals surface area contributed by atoms with E-state index in [2.05, 4.69) is 20.2 Å². The van der Waals surface area contributed by atoms with Crippen LogP contribution < -0.4 is 9.64 Å². The molecule has 4 rings (SSSR count). The summed E-state index contributed by atoms with van der Waals surface area (Å²) < 4.78 is 49.7. The molecule has 0 radical (unpaired) electrons. The SMILES string of the molecule is COc1ccccc1-c1nnc(C2CCN(c3nccc(C(F)(F)F)n3)C2)o1. The third kappa shape index (κ3) is 3.49. The van der Waals surface area contributed by atoms with Crippen molar-refractivity contribution in [1.82, 2.24) is 20.2 Å². The molecule has 1 aliphatic heterocycles. The van der Waals surface area contributed by atoms with Gasteiger partial charge in [-0.05, 0) is 24.6 Å². The van der Waals surface area contributed by atoms with E-state index in [9.17, 15) is 13.2 Å². The van der Waals surface area contributed by atoms with E-state index in [4.69, 9.17) is 9.15 Å². The van der Waals surface area contributed by atoms with Gasteiger partial charge in [-0.25, -0.2) is 9.97 Å². The standard InChI is InChI=1S/C18H16F3N5O2/c1-27-13-5-3-2-4-12(13)16-25-24-15(28-16)11-7-9-26(10-11)17-22-8-6-14(23-17)18(19,20)21/h2-6,8,11H,7,9-10H2,1H3. The van der Waals surface area contributed by atoms with Crippen LogP contribution >= 0.6 is 0 Å². The van der Waals surface area contributed by atoms with E-state index in [0.717, 1.165) is 12.3 Å². The summed E-state index contributed by atoms with van der Waals surface area (Å²) in [5.41, 5.74) is -0.281. The Kier molecular flexibility index (Phi) is 4.62. The molecule has 146 valence electrons. The summed E-state index contributed by atoms with van der Waals surface area (Å²) >= 11 is 0. The molecule has 0 aliphatic carbocycles. The number of hydrogen-bond donors (Lipinski definition) is 0. The Balaban J connectivity index is 1.52. The van der Waals surface area contributed by atoms with Crippen LogP contribution in [0.5, 0.6) is 5.75 Å². The summed E-state index contributed by atoms with van der Waals surface area (Å²) in [4.78, 5) is 9.29. The number of halogens is 3. The van der Waals surface area contributed by atoms with Crippen LogP contribution in [-0.2, 0) is 6.18 Å². The number of alkyl halides is 3. The number of ether oxygens (including phenoxy) is 1. The highest BCUT2D eigenvalue weighted by Crippen LogP contribution is 2.34. The average Bonchev–Trinajstić information content (AvgIpc) is 3.37. The Morgan fingerprint density at radius 3 is 2.79 bits per heavy atom. The molecule has 3 heterocycles. The van der Waals surface area contributed by atoms with Gasteiger partial charge in [-0.3, -0.25) is 0 Å². The Morgan fingerprint density at radius 1 is 1.18 bits per heavy atom. The Morgan fingerprint density at radius 2 is 2.00 bits per heavy atom. The molecule has 7 nitrogen and oxygen atoms in total. The molecule has 1 fully saturated rings. The van der Waals surface area contributed by atoms with Crippen molar-refractivity contribution in [2.24, 2.45) is 0 Å². The molecule has 1 unspecified atom stereocenters. The van der Waals surface area contributed by atoms with E-state index in [1.54, 1.807) is 18.1 Å². The predicted octanol–water partition coefficient (Wildman–Crippen LogP) is 3.55. The molecular weight excluding hydrogens is 375 g/mol. The lowest BCUT2D eigenvalue weighted by molar-refractivity contribution is -0.141. The highest BCUT2D eigenvalue weighted by Gasteiger charge is 2.35. The van der Waals surface area contributed by atoms with Crippen LogP contribution in [0.3, 0.4) is 0 Å². The van der Waals surface area contributed by atoms with Crippen LogP contribution in [0, 0.1) is 0 Å². The molecule has 2 aromatic heterocycles. The average molecular weight is 391 g/mol. The second kappa shape index (κ2) is 7.10. The molecule has 1 aliphatic rings. The van der Waals surface area contributed by atoms with Gasteiger partial charge in [0.25, 0.3) is 5.89 Å². The zero-order chi connectivity index (χ0) is 19.7. The minimum atomic E-state index is -4.51. The number of aromatic nitrogens is 4. The number of para-hydroxylation sites is 1. The van der Waals surface area contributed by atoms with Gasteiger partial charge in [0.1, 0.15) is 11.4 Å². The molecule has 0 amide bonds. The van der Waals surface area contributed by atoms with Crippen molar-refractivity contribution < 1.29 is 22.3 Å². The summed E-state index contributed by atoms with van der Waals surface area (Å²) in [7, 11) is 1.56. The summed E-state index contributed by atoms with van der Waals surface area (Å²) in [6.07, 6.45) is -2.74. The van der Waals surface area contributed by atoms with E-state index >= 15 is 0 Å². The van der Waals surface area contributed by atoms with Crippen LogP contribution in [0.25, 0.3) is 11.5 Å².